The van der Waals surface area contributed by atoms with E-state index < -0.39 is 9.84 Å². The Labute approximate surface area is 119 Å². The lowest BCUT2D eigenvalue weighted by Gasteiger charge is -2.44. The molecule has 20 heavy (non-hydrogen) atoms. The molecular weight excluding hydrogens is 276 g/mol. The molecule has 0 aliphatic heterocycles. The van der Waals surface area contributed by atoms with Gasteiger partial charge in [0.2, 0.25) is 0 Å². The maximum Gasteiger partial charge on any atom is 0.175 e. The van der Waals surface area contributed by atoms with Gasteiger partial charge >= 0.3 is 0 Å². The Morgan fingerprint density at radius 2 is 1.95 bits per heavy atom. The summed E-state index contributed by atoms with van der Waals surface area (Å²) in [6.45, 7) is 0. The fourth-order valence-electron chi connectivity index (χ4n) is 3.32. The predicted molar refractivity (Wildman–Crippen MR) is 74.5 cm³/mol. The van der Waals surface area contributed by atoms with Crippen LogP contribution in [0.5, 0.6) is 5.75 Å². The molecular formula is C15H18O4S. The lowest BCUT2D eigenvalue weighted by molar-refractivity contribution is -0.151. The molecule has 0 aromatic heterocycles. The van der Waals surface area contributed by atoms with Crippen molar-refractivity contribution in [1.29, 1.82) is 0 Å². The third-order valence-electron chi connectivity index (χ3n) is 4.55. The van der Waals surface area contributed by atoms with Gasteiger partial charge in [-0.1, -0.05) is 18.9 Å². The van der Waals surface area contributed by atoms with E-state index in [1.165, 1.54) is 6.26 Å². The second kappa shape index (κ2) is 4.58. The van der Waals surface area contributed by atoms with Crippen LogP contribution in [-0.4, -0.2) is 26.6 Å². The molecule has 0 bridgehead atoms. The molecule has 2 aliphatic rings. The minimum atomic E-state index is -3.24. The summed E-state index contributed by atoms with van der Waals surface area (Å²) >= 11 is 0. The third kappa shape index (κ3) is 2.14. The van der Waals surface area contributed by atoms with Crippen molar-refractivity contribution in [3.8, 4) is 5.75 Å². The van der Waals surface area contributed by atoms with Crippen LogP contribution in [0.15, 0.2) is 29.2 Å². The largest absolute Gasteiger partial charge is 0.489 e. The van der Waals surface area contributed by atoms with Crippen LogP contribution in [0.3, 0.4) is 0 Å². The molecule has 0 N–H and O–H groups in total. The number of benzene rings is 1. The van der Waals surface area contributed by atoms with Gasteiger partial charge in [0.15, 0.2) is 9.84 Å². The summed E-state index contributed by atoms with van der Waals surface area (Å²) < 4.78 is 29.0. The summed E-state index contributed by atoms with van der Waals surface area (Å²) in [6.07, 6.45) is 5.50. The summed E-state index contributed by atoms with van der Waals surface area (Å²) in [6, 6.07) is 6.52. The zero-order valence-corrected chi connectivity index (χ0v) is 12.3. The highest BCUT2D eigenvalue weighted by Crippen LogP contribution is 2.52. The number of ether oxygens (including phenoxy) is 1. The maximum absolute atomic E-state index is 11.9. The standard InChI is InChI=1S/C15H18O4S/c1-20(17,18)12-6-4-5-11(9-12)19-14-10-13(16)15(14)7-2-3-8-15/h4-6,9,14H,2-3,7-8,10H2,1H3. The molecule has 0 amide bonds. The van der Waals surface area contributed by atoms with Gasteiger partial charge in [-0.15, -0.1) is 0 Å². The fourth-order valence-corrected chi connectivity index (χ4v) is 3.98. The Morgan fingerprint density at radius 1 is 1.25 bits per heavy atom. The van der Waals surface area contributed by atoms with Crippen LogP contribution in [0.2, 0.25) is 0 Å². The van der Waals surface area contributed by atoms with E-state index in [0.29, 0.717) is 18.0 Å². The zero-order chi connectivity index (χ0) is 14.4. The molecule has 1 aromatic carbocycles. The molecule has 0 radical (unpaired) electrons. The number of Topliss-reactive ketones (excluding diaryl/α,β-unsaturated/α-hetero) is 1. The molecule has 5 heteroatoms. The smallest absolute Gasteiger partial charge is 0.175 e. The van der Waals surface area contributed by atoms with Crippen molar-refractivity contribution in [2.24, 2.45) is 5.41 Å². The van der Waals surface area contributed by atoms with Crippen molar-refractivity contribution in [2.75, 3.05) is 6.26 Å². The highest BCUT2D eigenvalue weighted by Gasteiger charge is 2.57. The Kier molecular flexibility index (Phi) is 3.12. The fraction of sp³-hybridized carbons (Fsp3) is 0.533. The summed E-state index contributed by atoms with van der Waals surface area (Å²) in [4.78, 5) is 12.2. The Morgan fingerprint density at radius 3 is 2.55 bits per heavy atom. The molecule has 2 saturated carbocycles. The van der Waals surface area contributed by atoms with E-state index in [-0.39, 0.29) is 16.4 Å². The number of carbonyl (C=O) groups excluding carboxylic acids is 1. The molecule has 1 unspecified atom stereocenters. The average Bonchev–Trinajstić information content (AvgIpc) is 2.90. The molecule has 1 spiro atoms. The number of rotatable bonds is 3. The first-order valence-electron chi connectivity index (χ1n) is 6.92. The summed E-state index contributed by atoms with van der Waals surface area (Å²) in [7, 11) is -3.24. The first-order valence-corrected chi connectivity index (χ1v) is 8.81. The highest BCUT2D eigenvalue weighted by atomic mass is 32.2. The number of carbonyl (C=O) groups is 1. The second-order valence-electron chi connectivity index (χ2n) is 5.84. The van der Waals surface area contributed by atoms with Crippen molar-refractivity contribution in [3.05, 3.63) is 24.3 Å². The quantitative estimate of drug-likeness (QED) is 0.858. The molecule has 4 nitrogen and oxygen atoms in total. The number of sulfone groups is 1. The first-order chi connectivity index (χ1) is 9.42. The Hall–Kier alpha value is -1.36. The van der Waals surface area contributed by atoms with E-state index in [2.05, 4.69) is 0 Å². The van der Waals surface area contributed by atoms with Crippen LogP contribution in [-0.2, 0) is 14.6 Å². The third-order valence-corrected chi connectivity index (χ3v) is 5.66. The Balaban J connectivity index is 1.81. The predicted octanol–water partition coefficient (Wildman–Crippen LogP) is 2.37. The van der Waals surface area contributed by atoms with E-state index in [1.54, 1.807) is 24.3 Å². The zero-order valence-electron chi connectivity index (χ0n) is 11.5. The molecule has 0 heterocycles. The Bertz CT molecular complexity index is 642. The van der Waals surface area contributed by atoms with Gasteiger partial charge in [0, 0.05) is 12.7 Å². The minimum Gasteiger partial charge on any atom is -0.489 e. The highest BCUT2D eigenvalue weighted by molar-refractivity contribution is 7.90. The number of hydrogen-bond acceptors (Lipinski definition) is 4. The molecule has 1 atom stereocenters. The topological polar surface area (TPSA) is 60.4 Å². The van der Waals surface area contributed by atoms with Gasteiger partial charge in [-0.2, -0.15) is 0 Å². The van der Waals surface area contributed by atoms with Gasteiger partial charge in [0.05, 0.1) is 10.3 Å². The molecule has 0 saturated heterocycles. The average molecular weight is 294 g/mol. The molecule has 3 rings (SSSR count). The van der Waals surface area contributed by atoms with E-state index in [9.17, 15) is 13.2 Å². The first kappa shape index (κ1) is 13.6. The van der Waals surface area contributed by atoms with Gasteiger partial charge in [0.1, 0.15) is 17.6 Å². The van der Waals surface area contributed by atoms with E-state index in [1.807, 2.05) is 0 Å². The van der Waals surface area contributed by atoms with E-state index in [0.717, 1.165) is 25.7 Å². The van der Waals surface area contributed by atoms with Crippen LogP contribution >= 0.6 is 0 Å². The minimum absolute atomic E-state index is 0.0905. The van der Waals surface area contributed by atoms with E-state index in [4.69, 9.17) is 4.74 Å². The van der Waals surface area contributed by atoms with Crippen molar-refractivity contribution >= 4 is 15.6 Å². The molecule has 108 valence electrons. The van der Waals surface area contributed by atoms with Crippen LogP contribution < -0.4 is 4.74 Å². The van der Waals surface area contributed by atoms with Crippen LogP contribution in [0.25, 0.3) is 0 Å². The normalized spacial score (nSPS) is 24.6. The van der Waals surface area contributed by atoms with Gasteiger partial charge in [-0.3, -0.25) is 4.79 Å². The van der Waals surface area contributed by atoms with Crippen molar-refractivity contribution < 1.29 is 17.9 Å². The molecule has 2 fully saturated rings. The SMILES string of the molecule is CS(=O)(=O)c1cccc(OC2CC(=O)C23CCCC3)c1. The van der Waals surface area contributed by atoms with Gasteiger partial charge < -0.3 is 4.74 Å². The van der Waals surface area contributed by atoms with Crippen LogP contribution in [0, 0.1) is 5.41 Å². The van der Waals surface area contributed by atoms with Gasteiger partial charge in [-0.05, 0) is 31.0 Å². The van der Waals surface area contributed by atoms with Gasteiger partial charge in [0.25, 0.3) is 0 Å². The van der Waals surface area contributed by atoms with Crippen molar-refractivity contribution in [3.63, 3.8) is 0 Å². The number of ketones is 1. The van der Waals surface area contributed by atoms with Gasteiger partial charge in [-0.25, -0.2) is 8.42 Å². The van der Waals surface area contributed by atoms with E-state index >= 15 is 0 Å². The number of hydrogen-bond donors (Lipinski definition) is 0. The second-order valence-corrected chi connectivity index (χ2v) is 7.86. The monoisotopic (exact) mass is 294 g/mol. The maximum atomic E-state index is 11.9. The summed E-state index contributed by atoms with van der Waals surface area (Å²) in [5.41, 5.74) is -0.291. The summed E-state index contributed by atoms with van der Waals surface area (Å²) in [5.74, 6) is 0.843. The lowest BCUT2D eigenvalue weighted by atomic mass is 9.63. The lowest BCUT2D eigenvalue weighted by Crippen LogP contribution is -2.55. The van der Waals surface area contributed by atoms with Crippen LogP contribution in [0.1, 0.15) is 32.1 Å². The molecule has 1 aromatic rings. The van der Waals surface area contributed by atoms with Crippen molar-refractivity contribution in [2.45, 2.75) is 43.1 Å². The van der Waals surface area contributed by atoms with Crippen LogP contribution in [0.4, 0.5) is 0 Å². The summed E-state index contributed by atoms with van der Waals surface area (Å²) in [5, 5.41) is 0. The van der Waals surface area contributed by atoms with Crippen molar-refractivity contribution in [1.82, 2.24) is 0 Å². The molecule has 2 aliphatic carbocycles.